The second-order valence-electron chi connectivity index (χ2n) is 8.08. The molecule has 1 amide bonds. The maximum atomic E-state index is 14.0. The van der Waals surface area contributed by atoms with Gasteiger partial charge in [-0.05, 0) is 30.9 Å². The smallest absolute Gasteiger partial charge is 0.242 e. The average molecular weight is 429 g/mol. The van der Waals surface area contributed by atoms with Crippen LogP contribution in [0.25, 0.3) is 10.9 Å². The van der Waals surface area contributed by atoms with Crippen LogP contribution in [0.15, 0.2) is 59.6 Å². The number of para-hydroxylation sites is 1. The first-order chi connectivity index (χ1) is 14.3. The molecule has 3 aromatic rings. The van der Waals surface area contributed by atoms with Crippen molar-refractivity contribution in [1.82, 2.24) is 9.47 Å². The molecule has 1 aliphatic rings. The lowest BCUT2D eigenvalue weighted by Gasteiger charge is -2.31. The Morgan fingerprint density at radius 2 is 1.87 bits per heavy atom. The van der Waals surface area contributed by atoms with Gasteiger partial charge in [-0.3, -0.25) is 4.79 Å². The van der Waals surface area contributed by atoms with Crippen molar-refractivity contribution in [2.45, 2.75) is 37.0 Å². The average Bonchev–Trinajstić information content (AvgIpc) is 3.09. The summed E-state index contributed by atoms with van der Waals surface area (Å²) >= 11 is 0. The predicted molar refractivity (Wildman–Crippen MR) is 114 cm³/mol. The van der Waals surface area contributed by atoms with E-state index in [1.807, 2.05) is 17.0 Å². The Kier molecular flexibility index (Phi) is 5.64. The van der Waals surface area contributed by atoms with Gasteiger partial charge in [0.05, 0.1) is 10.6 Å². The van der Waals surface area contributed by atoms with Crippen LogP contribution in [-0.2, 0) is 26.9 Å². The van der Waals surface area contributed by atoms with Crippen LogP contribution in [0.3, 0.4) is 0 Å². The summed E-state index contributed by atoms with van der Waals surface area (Å²) in [4.78, 5) is 14.8. The minimum Gasteiger partial charge on any atom is -0.341 e. The molecule has 30 heavy (non-hydrogen) atoms. The summed E-state index contributed by atoms with van der Waals surface area (Å²) < 4.78 is 42.0. The molecule has 2 heterocycles. The molecule has 1 fully saturated rings. The Balaban J connectivity index is 1.67. The maximum absolute atomic E-state index is 14.0. The topological polar surface area (TPSA) is 59.4 Å². The Morgan fingerprint density at radius 1 is 1.13 bits per heavy atom. The fraction of sp³-hybridized carbons (Fsp3) is 0.348. The first-order valence-electron chi connectivity index (χ1n) is 10.2. The van der Waals surface area contributed by atoms with Gasteiger partial charge in [0.25, 0.3) is 0 Å². The molecule has 0 radical (unpaired) electrons. The third kappa shape index (κ3) is 4.12. The number of carbonyl (C=O) groups excluding carboxylic acids is 1. The van der Waals surface area contributed by atoms with Gasteiger partial charge in [0.1, 0.15) is 12.4 Å². The van der Waals surface area contributed by atoms with Crippen molar-refractivity contribution >= 4 is 26.6 Å². The van der Waals surface area contributed by atoms with Gasteiger partial charge in [0.2, 0.25) is 5.91 Å². The quantitative estimate of drug-likeness (QED) is 0.617. The van der Waals surface area contributed by atoms with E-state index in [2.05, 4.69) is 6.92 Å². The van der Waals surface area contributed by atoms with Crippen molar-refractivity contribution in [1.29, 1.82) is 0 Å². The number of nitrogens with zero attached hydrogens (tertiary/aromatic N) is 2. The van der Waals surface area contributed by atoms with Crippen LogP contribution in [0.5, 0.6) is 0 Å². The summed E-state index contributed by atoms with van der Waals surface area (Å²) in [6.45, 7) is 3.69. The molecule has 1 aromatic heterocycles. The summed E-state index contributed by atoms with van der Waals surface area (Å²) in [5, 5.41) is 0.550. The van der Waals surface area contributed by atoms with Crippen LogP contribution >= 0.6 is 0 Å². The van der Waals surface area contributed by atoms with Crippen molar-refractivity contribution in [3.8, 4) is 0 Å². The van der Waals surface area contributed by atoms with Gasteiger partial charge in [0, 0.05) is 35.8 Å². The van der Waals surface area contributed by atoms with Crippen LogP contribution in [0, 0.1) is 11.7 Å². The van der Waals surface area contributed by atoms with Crippen molar-refractivity contribution in [2.24, 2.45) is 5.92 Å². The van der Waals surface area contributed by atoms with Crippen LogP contribution < -0.4 is 0 Å². The summed E-state index contributed by atoms with van der Waals surface area (Å²) in [6.07, 6.45) is 3.63. The highest BCUT2D eigenvalue weighted by atomic mass is 32.2. The molecule has 4 rings (SSSR count). The Morgan fingerprint density at radius 3 is 2.63 bits per heavy atom. The van der Waals surface area contributed by atoms with E-state index in [1.165, 1.54) is 24.4 Å². The summed E-state index contributed by atoms with van der Waals surface area (Å²) in [5.74, 6) is -0.508. The molecule has 1 saturated heterocycles. The minimum atomic E-state index is -3.80. The first kappa shape index (κ1) is 20.6. The standard InChI is InChI=1S/C23H25FN2O3S/c1-17-7-6-12-25(13-17)23(27)15-26-14-22(19-9-3-5-11-21(19)26)30(28,29)16-18-8-2-4-10-20(18)24/h2-5,8-11,14,17H,6-7,12-13,15-16H2,1H3. The number of carbonyl (C=O) groups is 1. The lowest BCUT2D eigenvalue weighted by atomic mass is 10.0. The summed E-state index contributed by atoms with van der Waals surface area (Å²) in [7, 11) is -3.80. The third-order valence-corrected chi connectivity index (χ3v) is 7.39. The van der Waals surface area contributed by atoms with Gasteiger partial charge in [-0.1, -0.05) is 43.3 Å². The highest BCUT2D eigenvalue weighted by Gasteiger charge is 2.25. The van der Waals surface area contributed by atoms with Gasteiger partial charge < -0.3 is 9.47 Å². The number of likely N-dealkylation sites (tertiary alicyclic amines) is 1. The Bertz CT molecular complexity index is 1190. The number of amides is 1. The summed E-state index contributed by atoms with van der Waals surface area (Å²) in [6, 6.07) is 13.0. The van der Waals surface area contributed by atoms with Crippen molar-refractivity contribution in [2.75, 3.05) is 13.1 Å². The highest BCUT2D eigenvalue weighted by molar-refractivity contribution is 7.90. The number of rotatable bonds is 5. The molecule has 7 heteroatoms. The molecule has 0 N–H and O–H groups in total. The Labute approximate surface area is 176 Å². The van der Waals surface area contributed by atoms with E-state index >= 15 is 0 Å². The van der Waals surface area contributed by atoms with Crippen molar-refractivity contribution < 1.29 is 17.6 Å². The van der Waals surface area contributed by atoms with Crippen LogP contribution in [0.1, 0.15) is 25.3 Å². The number of piperidine rings is 1. The van der Waals surface area contributed by atoms with E-state index < -0.39 is 21.4 Å². The van der Waals surface area contributed by atoms with Crippen molar-refractivity contribution in [3.05, 3.63) is 66.1 Å². The number of hydrogen-bond donors (Lipinski definition) is 0. The largest absolute Gasteiger partial charge is 0.341 e. The lowest BCUT2D eigenvalue weighted by Crippen LogP contribution is -2.40. The fourth-order valence-electron chi connectivity index (χ4n) is 4.15. The molecule has 5 nitrogen and oxygen atoms in total. The van der Waals surface area contributed by atoms with E-state index in [1.54, 1.807) is 22.8 Å². The van der Waals surface area contributed by atoms with E-state index in [9.17, 15) is 17.6 Å². The SMILES string of the molecule is CC1CCCN(C(=O)Cn2cc(S(=O)(=O)Cc3ccccc3F)c3ccccc32)C1. The molecule has 1 atom stereocenters. The molecular formula is C23H25FN2O3S. The predicted octanol–water partition coefficient (Wildman–Crippen LogP) is 4.01. The van der Waals surface area contributed by atoms with Gasteiger partial charge in [-0.15, -0.1) is 0 Å². The van der Waals surface area contributed by atoms with Crippen LogP contribution in [-0.4, -0.2) is 36.9 Å². The summed E-state index contributed by atoms with van der Waals surface area (Å²) in [5.41, 5.74) is 0.815. The molecule has 1 unspecified atom stereocenters. The zero-order valence-electron chi connectivity index (χ0n) is 16.9. The third-order valence-electron chi connectivity index (χ3n) is 5.71. The number of halogens is 1. The normalized spacial score (nSPS) is 17.4. The molecule has 2 aromatic carbocycles. The number of hydrogen-bond acceptors (Lipinski definition) is 3. The molecule has 0 bridgehead atoms. The van der Waals surface area contributed by atoms with E-state index in [0.29, 0.717) is 16.8 Å². The van der Waals surface area contributed by atoms with E-state index in [0.717, 1.165) is 25.9 Å². The fourth-order valence-corrected chi connectivity index (χ4v) is 5.75. The first-order valence-corrected chi connectivity index (χ1v) is 11.8. The second-order valence-corrected chi connectivity index (χ2v) is 10.0. The minimum absolute atomic E-state index is 0.0136. The molecular weight excluding hydrogens is 403 g/mol. The van der Waals surface area contributed by atoms with Crippen LogP contribution in [0.2, 0.25) is 0 Å². The Hall–Kier alpha value is -2.67. The highest BCUT2D eigenvalue weighted by Crippen LogP contribution is 2.29. The van der Waals surface area contributed by atoms with Gasteiger partial charge in [-0.2, -0.15) is 0 Å². The van der Waals surface area contributed by atoms with Crippen LogP contribution in [0.4, 0.5) is 4.39 Å². The monoisotopic (exact) mass is 428 g/mol. The van der Waals surface area contributed by atoms with Crippen molar-refractivity contribution in [3.63, 3.8) is 0 Å². The van der Waals surface area contributed by atoms with Gasteiger partial charge in [-0.25, -0.2) is 12.8 Å². The van der Waals surface area contributed by atoms with Gasteiger partial charge >= 0.3 is 0 Å². The molecule has 1 aliphatic heterocycles. The molecule has 158 valence electrons. The second kappa shape index (κ2) is 8.22. The number of benzene rings is 2. The molecule has 0 saturated carbocycles. The molecule has 0 spiro atoms. The maximum Gasteiger partial charge on any atom is 0.242 e. The number of aromatic nitrogens is 1. The zero-order chi connectivity index (χ0) is 21.3. The van der Waals surface area contributed by atoms with Gasteiger partial charge in [0.15, 0.2) is 9.84 Å². The zero-order valence-corrected chi connectivity index (χ0v) is 17.7. The van der Waals surface area contributed by atoms with E-state index in [4.69, 9.17) is 0 Å². The number of sulfone groups is 1. The lowest BCUT2D eigenvalue weighted by molar-refractivity contribution is -0.133. The van der Waals surface area contributed by atoms with E-state index in [-0.39, 0.29) is 22.9 Å². The number of fused-ring (bicyclic) bond motifs is 1. The molecule has 0 aliphatic carbocycles.